The second-order valence-electron chi connectivity index (χ2n) is 7.94. The zero-order valence-electron chi connectivity index (χ0n) is 17.4. The van der Waals surface area contributed by atoms with Crippen molar-refractivity contribution in [3.63, 3.8) is 0 Å². The van der Waals surface area contributed by atoms with Gasteiger partial charge in [0.25, 0.3) is 0 Å². The zero-order chi connectivity index (χ0) is 20.7. The van der Waals surface area contributed by atoms with E-state index in [0.29, 0.717) is 0 Å². The average Bonchev–Trinajstić information content (AvgIpc) is 2.61. The predicted molar refractivity (Wildman–Crippen MR) is 114 cm³/mol. The third-order valence-electron chi connectivity index (χ3n) is 5.58. The van der Waals surface area contributed by atoms with Gasteiger partial charge in [-0.2, -0.15) is 0 Å². The van der Waals surface area contributed by atoms with Gasteiger partial charge in [0.1, 0.15) is 17.2 Å². The number of benzene rings is 3. The second kappa shape index (κ2) is 7.23. The van der Waals surface area contributed by atoms with Gasteiger partial charge < -0.3 is 15.3 Å². The van der Waals surface area contributed by atoms with Crippen LogP contribution in [0.4, 0.5) is 0 Å². The van der Waals surface area contributed by atoms with E-state index >= 15 is 0 Å². The summed E-state index contributed by atoms with van der Waals surface area (Å²) in [5.74, 6) is 0.606. The average molecular weight is 376 g/mol. The molecule has 0 unspecified atom stereocenters. The summed E-state index contributed by atoms with van der Waals surface area (Å²) >= 11 is 0. The van der Waals surface area contributed by atoms with Crippen LogP contribution in [0.1, 0.15) is 56.0 Å². The van der Waals surface area contributed by atoms with Gasteiger partial charge in [-0.1, -0.05) is 29.8 Å². The fourth-order valence-corrected chi connectivity index (χ4v) is 3.98. The highest BCUT2D eigenvalue weighted by Gasteiger charge is 2.25. The third-order valence-corrected chi connectivity index (χ3v) is 5.58. The molecule has 0 bridgehead atoms. The van der Waals surface area contributed by atoms with Gasteiger partial charge in [0.15, 0.2) is 0 Å². The molecule has 0 radical (unpaired) electrons. The molecule has 0 saturated carbocycles. The minimum atomic E-state index is -0.211. The number of hydrogen-bond acceptors (Lipinski definition) is 3. The van der Waals surface area contributed by atoms with Crippen molar-refractivity contribution in [1.82, 2.24) is 0 Å². The predicted octanol–water partition coefficient (Wildman–Crippen LogP) is 5.83. The molecule has 0 amide bonds. The Morgan fingerprint density at radius 2 is 0.964 bits per heavy atom. The van der Waals surface area contributed by atoms with E-state index in [2.05, 4.69) is 0 Å². The monoisotopic (exact) mass is 376 g/mol. The van der Waals surface area contributed by atoms with Gasteiger partial charge in [0.2, 0.25) is 0 Å². The number of hydrogen-bond donors (Lipinski definition) is 3. The van der Waals surface area contributed by atoms with Gasteiger partial charge in [0, 0.05) is 11.5 Å². The smallest absolute Gasteiger partial charge is 0.122 e. The van der Waals surface area contributed by atoms with Crippen LogP contribution in [0, 0.1) is 41.5 Å². The van der Waals surface area contributed by atoms with E-state index in [1.54, 1.807) is 12.1 Å². The van der Waals surface area contributed by atoms with E-state index in [1.807, 2.05) is 65.8 Å². The van der Waals surface area contributed by atoms with Crippen molar-refractivity contribution < 1.29 is 15.3 Å². The molecule has 28 heavy (non-hydrogen) atoms. The molecule has 146 valence electrons. The highest BCUT2D eigenvalue weighted by molar-refractivity contribution is 5.58. The van der Waals surface area contributed by atoms with Crippen molar-refractivity contribution in [2.75, 3.05) is 0 Å². The number of aromatic hydroxyl groups is 3. The Morgan fingerprint density at radius 3 is 1.43 bits per heavy atom. The van der Waals surface area contributed by atoms with Crippen molar-refractivity contribution in [3.05, 3.63) is 86.5 Å². The first-order valence-corrected chi connectivity index (χ1v) is 9.50. The Kier molecular flexibility index (Phi) is 5.12. The number of phenolic OH excluding ortho intramolecular Hbond substituents is 3. The van der Waals surface area contributed by atoms with Crippen molar-refractivity contribution in [3.8, 4) is 17.2 Å². The van der Waals surface area contributed by atoms with Crippen LogP contribution in [0.2, 0.25) is 0 Å². The Morgan fingerprint density at radius 1 is 0.500 bits per heavy atom. The van der Waals surface area contributed by atoms with Crippen LogP contribution < -0.4 is 0 Å². The standard InChI is InChI=1S/C25H28O3/c1-13-7-18(6)25(28)21(8-13)24(19-9-16(4)22(26)11-14(19)2)20-10-17(5)23(27)12-15(20)3/h7-12,24,26-28H,1-6H3. The van der Waals surface area contributed by atoms with Crippen LogP contribution in [-0.4, -0.2) is 15.3 Å². The Bertz CT molecular complexity index is 1010. The van der Waals surface area contributed by atoms with Crippen molar-refractivity contribution in [2.24, 2.45) is 0 Å². The summed E-state index contributed by atoms with van der Waals surface area (Å²) in [5.41, 5.74) is 8.31. The Balaban J connectivity index is 2.40. The van der Waals surface area contributed by atoms with E-state index in [1.165, 1.54) is 0 Å². The number of aryl methyl sites for hydroxylation is 6. The zero-order valence-corrected chi connectivity index (χ0v) is 17.4. The first-order chi connectivity index (χ1) is 13.1. The lowest BCUT2D eigenvalue weighted by Crippen LogP contribution is -2.09. The molecule has 3 N–H and O–H groups in total. The normalized spacial score (nSPS) is 11.2. The van der Waals surface area contributed by atoms with E-state index in [-0.39, 0.29) is 23.2 Å². The molecule has 0 aliphatic heterocycles. The maximum atomic E-state index is 10.9. The maximum absolute atomic E-state index is 10.9. The molecule has 0 fully saturated rings. The van der Waals surface area contributed by atoms with Gasteiger partial charge in [-0.3, -0.25) is 0 Å². The number of phenols is 3. The molecule has 0 atom stereocenters. The van der Waals surface area contributed by atoms with Crippen molar-refractivity contribution in [2.45, 2.75) is 47.5 Å². The summed E-state index contributed by atoms with van der Waals surface area (Å²) in [7, 11) is 0. The van der Waals surface area contributed by atoms with Gasteiger partial charge in [-0.15, -0.1) is 0 Å². The van der Waals surface area contributed by atoms with Gasteiger partial charge in [0.05, 0.1) is 0 Å². The molecule has 3 nitrogen and oxygen atoms in total. The summed E-state index contributed by atoms with van der Waals surface area (Å²) in [6.07, 6.45) is 0. The SMILES string of the molecule is Cc1cc(C)c(O)c(C(c2cc(C)c(O)cc2C)c2cc(C)c(O)cc2C)c1. The van der Waals surface area contributed by atoms with E-state index < -0.39 is 0 Å². The van der Waals surface area contributed by atoms with Gasteiger partial charge in [-0.25, -0.2) is 0 Å². The summed E-state index contributed by atoms with van der Waals surface area (Å²) in [4.78, 5) is 0. The fraction of sp³-hybridized carbons (Fsp3) is 0.280. The minimum absolute atomic E-state index is 0.211. The van der Waals surface area contributed by atoms with Gasteiger partial charge in [-0.05, 0) is 92.6 Å². The molecule has 0 aliphatic carbocycles. The van der Waals surface area contributed by atoms with Crippen LogP contribution in [-0.2, 0) is 0 Å². The third kappa shape index (κ3) is 3.45. The molecular formula is C25H28O3. The summed E-state index contributed by atoms with van der Waals surface area (Å²) < 4.78 is 0. The summed E-state index contributed by atoms with van der Waals surface area (Å²) in [5, 5.41) is 31.2. The molecule has 0 saturated heterocycles. The lowest BCUT2D eigenvalue weighted by Gasteiger charge is -2.26. The van der Waals surface area contributed by atoms with Crippen LogP contribution in [0.5, 0.6) is 17.2 Å². The molecular weight excluding hydrogens is 348 g/mol. The van der Waals surface area contributed by atoms with E-state index in [9.17, 15) is 15.3 Å². The topological polar surface area (TPSA) is 60.7 Å². The van der Waals surface area contributed by atoms with Crippen molar-refractivity contribution >= 4 is 0 Å². The van der Waals surface area contributed by atoms with Crippen LogP contribution in [0.3, 0.4) is 0 Å². The van der Waals surface area contributed by atoms with Crippen LogP contribution in [0.15, 0.2) is 36.4 Å². The molecule has 3 aromatic rings. The molecule has 0 aliphatic rings. The lowest BCUT2D eigenvalue weighted by molar-refractivity contribution is 0.462. The molecule has 0 heterocycles. The molecule has 3 heteroatoms. The molecule has 0 spiro atoms. The molecule has 3 rings (SSSR count). The van der Waals surface area contributed by atoms with Crippen LogP contribution in [0.25, 0.3) is 0 Å². The first kappa shape index (κ1) is 19.8. The summed E-state index contributed by atoms with van der Waals surface area (Å²) in [6, 6.07) is 11.5. The highest BCUT2D eigenvalue weighted by atomic mass is 16.3. The molecule has 0 aromatic heterocycles. The number of rotatable bonds is 3. The van der Waals surface area contributed by atoms with Gasteiger partial charge >= 0.3 is 0 Å². The quantitative estimate of drug-likeness (QED) is 0.504. The fourth-order valence-electron chi connectivity index (χ4n) is 3.98. The largest absolute Gasteiger partial charge is 0.508 e. The minimum Gasteiger partial charge on any atom is -0.508 e. The second-order valence-corrected chi connectivity index (χ2v) is 7.94. The van der Waals surface area contributed by atoms with Crippen LogP contribution >= 0.6 is 0 Å². The van der Waals surface area contributed by atoms with E-state index in [4.69, 9.17) is 0 Å². The first-order valence-electron chi connectivity index (χ1n) is 9.50. The van der Waals surface area contributed by atoms with Crippen molar-refractivity contribution in [1.29, 1.82) is 0 Å². The Hall–Kier alpha value is -2.94. The molecule has 3 aromatic carbocycles. The Labute approximate surface area is 166 Å². The highest BCUT2D eigenvalue weighted by Crippen LogP contribution is 2.43. The maximum Gasteiger partial charge on any atom is 0.122 e. The summed E-state index contributed by atoms with van der Waals surface area (Å²) in [6.45, 7) is 11.6. The van der Waals surface area contributed by atoms with E-state index in [0.717, 1.165) is 50.1 Å². The lowest BCUT2D eigenvalue weighted by atomic mass is 9.79.